The number of likely N-dealkylation sites (tertiary alicyclic amines) is 1. The molecule has 1 aromatic carbocycles. The van der Waals surface area contributed by atoms with Gasteiger partial charge in [0, 0.05) is 19.0 Å². The number of nitrogens with zero attached hydrogens (tertiary/aromatic N) is 1. The van der Waals surface area contributed by atoms with Crippen LogP contribution in [0.5, 0.6) is 0 Å². The molecular weight excluding hydrogens is 222 g/mol. The van der Waals surface area contributed by atoms with Crippen LogP contribution in [0, 0.1) is 5.92 Å². The van der Waals surface area contributed by atoms with E-state index >= 15 is 0 Å². The summed E-state index contributed by atoms with van der Waals surface area (Å²) >= 11 is 5.57. The molecule has 1 saturated heterocycles. The number of carbonyl (C=O) groups is 1. The maximum absolute atomic E-state index is 11.5. The largest absolute Gasteiger partial charge is 0.298 e. The van der Waals surface area contributed by atoms with Gasteiger partial charge >= 0.3 is 0 Å². The summed E-state index contributed by atoms with van der Waals surface area (Å²) < 4.78 is 0. The number of hydrogen-bond donors (Lipinski definition) is 0. The normalized spacial score (nSPS) is 21.2. The molecule has 1 fully saturated rings. The maximum atomic E-state index is 11.5. The Labute approximate surface area is 101 Å². The minimum Gasteiger partial charge on any atom is -0.298 e. The number of halogens is 1. The SMILES string of the molecule is O=C(CCl)[C@H]1CCN(Cc2ccccc2)C1. The van der Waals surface area contributed by atoms with Crippen LogP contribution in [0.15, 0.2) is 30.3 Å². The van der Waals surface area contributed by atoms with Gasteiger partial charge in [-0.2, -0.15) is 0 Å². The van der Waals surface area contributed by atoms with Crippen LogP contribution in [0.25, 0.3) is 0 Å². The molecule has 0 spiro atoms. The van der Waals surface area contributed by atoms with Crippen molar-refractivity contribution in [2.45, 2.75) is 13.0 Å². The van der Waals surface area contributed by atoms with Crippen molar-refractivity contribution in [1.82, 2.24) is 4.90 Å². The van der Waals surface area contributed by atoms with Gasteiger partial charge in [-0.15, -0.1) is 11.6 Å². The summed E-state index contributed by atoms with van der Waals surface area (Å²) in [6.07, 6.45) is 0.957. The lowest BCUT2D eigenvalue weighted by Gasteiger charge is -2.15. The van der Waals surface area contributed by atoms with Gasteiger partial charge in [0.05, 0.1) is 5.88 Å². The number of ketones is 1. The van der Waals surface area contributed by atoms with Gasteiger partial charge in [-0.25, -0.2) is 0 Å². The molecule has 1 aliphatic rings. The summed E-state index contributed by atoms with van der Waals surface area (Å²) in [5.74, 6) is 0.502. The van der Waals surface area contributed by atoms with Crippen LogP contribution < -0.4 is 0 Å². The lowest BCUT2D eigenvalue weighted by atomic mass is 10.1. The molecule has 86 valence electrons. The molecule has 0 N–H and O–H groups in total. The average Bonchev–Trinajstić information content (AvgIpc) is 2.78. The number of rotatable bonds is 4. The van der Waals surface area contributed by atoms with Crippen molar-refractivity contribution < 1.29 is 4.79 Å². The molecule has 2 rings (SSSR count). The van der Waals surface area contributed by atoms with Crippen LogP contribution in [0.4, 0.5) is 0 Å². The van der Waals surface area contributed by atoms with Gasteiger partial charge in [0.15, 0.2) is 5.78 Å². The van der Waals surface area contributed by atoms with Crippen LogP contribution >= 0.6 is 11.6 Å². The van der Waals surface area contributed by atoms with Crippen molar-refractivity contribution in [1.29, 1.82) is 0 Å². The molecule has 1 aliphatic heterocycles. The zero-order chi connectivity index (χ0) is 11.4. The highest BCUT2D eigenvalue weighted by atomic mass is 35.5. The molecule has 0 bridgehead atoms. The first-order valence-electron chi connectivity index (χ1n) is 5.64. The van der Waals surface area contributed by atoms with Crippen molar-refractivity contribution in [3.05, 3.63) is 35.9 Å². The highest BCUT2D eigenvalue weighted by Gasteiger charge is 2.27. The Balaban J connectivity index is 1.88. The number of hydrogen-bond acceptors (Lipinski definition) is 2. The second kappa shape index (κ2) is 5.46. The second-order valence-corrected chi connectivity index (χ2v) is 4.57. The molecule has 1 aromatic rings. The van der Waals surface area contributed by atoms with Gasteiger partial charge in [0.25, 0.3) is 0 Å². The molecule has 1 atom stereocenters. The average molecular weight is 238 g/mol. The minimum absolute atomic E-state index is 0.154. The van der Waals surface area contributed by atoms with Gasteiger partial charge in [-0.1, -0.05) is 30.3 Å². The molecule has 16 heavy (non-hydrogen) atoms. The second-order valence-electron chi connectivity index (χ2n) is 4.31. The van der Waals surface area contributed by atoms with Gasteiger partial charge in [0.1, 0.15) is 0 Å². The summed E-state index contributed by atoms with van der Waals surface area (Å²) in [6, 6.07) is 10.4. The smallest absolute Gasteiger partial charge is 0.151 e. The zero-order valence-corrected chi connectivity index (χ0v) is 9.99. The summed E-state index contributed by atoms with van der Waals surface area (Å²) in [6.45, 7) is 2.80. The Morgan fingerprint density at radius 2 is 2.12 bits per heavy atom. The monoisotopic (exact) mass is 237 g/mol. The summed E-state index contributed by atoms with van der Waals surface area (Å²) in [7, 11) is 0. The van der Waals surface area contributed by atoms with E-state index in [1.54, 1.807) is 0 Å². The lowest BCUT2D eigenvalue weighted by Crippen LogP contribution is -2.23. The first-order valence-corrected chi connectivity index (χ1v) is 6.18. The van der Waals surface area contributed by atoms with E-state index in [-0.39, 0.29) is 17.6 Å². The van der Waals surface area contributed by atoms with Crippen molar-refractivity contribution in [2.75, 3.05) is 19.0 Å². The Bertz CT molecular complexity index is 352. The van der Waals surface area contributed by atoms with E-state index in [0.717, 1.165) is 26.1 Å². The topological polar surface area (TPSA) is 20.3 Å². The highest BCUT2D eigenvalue weighted by Crippen LogP contribution is 2.19. The van der Waals surface area contributed by atoms with Gasteiger partial charge in [-0.3, -0.25) is 9.69 Å². The van der Waals surface area contributed by atoms with Crippen LogP contribution in [0.3, 0.4) is 0 Å². The Kier molecular flexibility index (Phi) is 3.97. The van der Waals surface area contributed by atoms with E-state index in [2.05, 4.69) is 17.0 Å². The first kappa shape index (κ1) is 11.6. The van der Waals surface area contributed by atoms with E-state index < -0.39 is 0 Å². The third kappa shape index (κ3) is 2.83. The third-order valence-corrected chi connectivity index (χ3v) is 3.37. The van der Waals surface area contributed by atoms with Gasteiger partial charge < -0.3 is 0 Å². The third-order valence-electron chi connectivity index (χ3n) is 3.11. The zero-order valence-electron chi connectivity index (χ0n) is 9.23. The molecule has 0 saturated carbocycles. The van der Waals surface area contributed by atoms with E-state index in [0.29, 0.717) is 0 Å². The van der Waals surface area contributed by atoms with Crippen LogP contribution in [0.1, 0.15) is 12.0 Å². The van der Waals surface area contributed by atoms with Crippen molar-refractivity contribution >= 4 is 17.4 Å². The molecule has 2 nitrogen and oxygen atoms in total. The number of carbonyl (C=O) groups excluding carboxylic acids is 1. The van der Waals surface area contributed by atoms with E-state index in [9.17, 15) is 4.79 Å². The molecule has 0 amide bonds. The Morgan fingerprint density at radius 3 is 2.81 bits per heavy atom. The number of benzene rings is 1. The van der Waals surface area contributed by atoms with E-state index in [1.807, 2.05) is 18.2 Å². The fourth-order valence-corrected chi connectivity index (χ4v) is 2.41. The van der Waals surface area contributed by atoms with Gasteiger partial charge in [0.2, 0.25) is 0 Å². The fourth-order valence-electron chi connectivity index (χ4n) is 2.19. The van der Waals surface area contributed by atoms with E-state index in [1.165, 1.54) is 5.56 Å². The predicted molar refractivity (Wildman–Crippen MR) is 65.6 cm³/mol. The minimum atomic E-state index is 0.154. The first-order chi connectivity index (χ1) is 7.79. The standard InChI is InChI=1S/C13H16ClNO/c14-8-13(16)12-6-7-15(10-12)9-11-4-2-1-3-5-11/h1-5,12H,6-10H2/t12-/m0/s1. The summed E-state index contributed by atoms with van der Waals surface area (Å²) in [5, 5.41) is 0. The summed E-state index contributed by atoms with van der Waals surface area (Å²) in [5.41, 5.74) is 1.31. The Hall–Kier alpha value is -0.860. The Morgan fingerprint density at radius 1 is 1.38 bits per heavy atom. The molecule has 3 heteroatoms. The quantitative estimate of drug-likeness (QED) is 0.750. The van der Waals surface area contributed by atoms with Crippen LogP contribution in [-0.2, 0) is 11.3 Å². The highest BCUT2D eigenvalue weighted by molar-refractivity contribution is 6.27. The number of alkyl halides is 1. The van der Waals surface area contributed by atoms with Crippen LogP contribution in [-0.4, -0.2) is 29.7 Å². The fraction of sp³-hybridized carbons (Fsp3) is 0.462. The number of Topliss-reactive ketones (excluding diaryl/α,β-unsaturated/α-hetero) is 1. The maximum Gasteiger partial charge on any atom is 0.151 e. The van der Waals surface area contributed by atoms with Crippen molar-refractivity contribution in [3.8, 4) is 0 Å². The molecule has 0 radical (unpaired) electrons. The van der Waals surface area contributed by atoms with Crippen molar-refractivity contribution in [2.24, 2.45) is 5.92 Å². The molecule has 0 unspecified atom stereocenters. The molecule has 0 aliphatic carbocycles. The lowest BCUT2D eigenvalue weighted by molar-refractivity contribution is -0.120. The molecule has 0 aromatic heterocycles. The van der Waals surface area contributed by atoms with Gasteiger partial charge in [-0.05, 0) is 18.5 Å². The van der Waals surface area contributed by atoms with E-state index in [4.69, 9.17) is 11.6 Å². The predicted octanol–water partition coefficient (Wildman–Crippen LogP) is 2.32. The summed E-state index contributed by atoms with van der Waals surface area (Å²) in [4.78, 5) is 13.8. The van der Waals surface area contributed by atoms with Crippen LogP contribution in [0.2, 0.25) is 0 Å². The molecule has 1 heterocycles. The molecular formula is C13H16ClNO. The van der Waals surface area contributed by atoms with Crippen molar-refractivity contribution in [3.63, 3.8) is 0 Å².